The molecule has 5 nitrogen and oxygen atoms in total. The maximum absolute atomic E-state index is 12.4. The lowest BCUT2D eigenvalue weighted by molar-refractivity contribution is -0.136. The van der Waals surface area contributed by atoms with Crippen LogP contribution in [0.5, 0.6) is 0 Å². The maximum atomic E-state index is 12.4. The third-order valence-electron chi connectivity index (χ3n) is 3.29. The van der Waals surface area contributed by atoms with Gasteiger partial charge in [-0.3, -0.25) is 14.2 Å². The SMILES string of the molecule is Cc1[nH]c(=S)n(CCc2ccccc2)c(=O)c1CC(=O)O. The molecular weight excluding hydrogens is 288 g/mol. The molecular formula is C15H16N2O3S. The molecule has 0 radical (unpaired) electrons. The van der Waals surface area contributed by atoms with Crippen molar-refractivity contribution in [3.8, 4) is 0 Å². The van der Waals surface area contributed by atoms with Crippen LogP contribution in [0.25, 0.3) is 0 Å². The molecule has 2 aromatic rings. The van der Waals surface area contributed by atoms with Crippen LogP contribution in [0.1, 0.15) is 16.8 Å². The molecule has 2 N–H and O–H groups in total. The summed E-state index contributed by atoms with van der Waals surface area (Å²) in [6, 6.07) is 9.75. The number of benzene rings is 1. The van der Waals surface area contributed by atoms with Crippen LogP contribution in [-0.4, -0.2) is 20.6 Å². The molecule has 0 atom stereocenters. The second-order valence-electron chi connectivity index (χ2n) is 4.80. The van der Waals surface area contributed by atoms with Crippen LogP contribution in [0.4, 0.5) is 0 Å². The van der Waals surface area contributed by atoms with Crippen molar-refractivity contribution in [3.05, 3.63) is 62.3 Å². The lowest BCUT2D eigenvalue weighted by Crippen LogP contribution is -2.29. The molecule has 0 saturated heterocycles. The number of aromatic amines is 1. The molecule has 2 rings (SSSR count). The molecule has 1 heterocycles. The number of nitrogens with zero attached hydrogens (tertiary/aromatic N) is 1. The number of H-pyrrole nitrogens is 1. The second-order valence-corrected chi connectivity index (χ2v) is 5.18. The van der Waals surface area contributed by atoms with E-state index in [2.05, 4.69) is 4.98 Å². The van der Waals surface area contributed by atoms with Crippen LogP contribution < -0.4 is 5.56 Å². The first-order chi connectivity index (χ1) is 9.99. The largest absolute Gasteiger partial charge is 0.481 e. The minimum Gasteiger partial charge on any atom is -0.481 e. The molecule has 0 amide bonds. The van der Waals surface area contributed by atoms with Gasteiger partial charge in [0.2, 0.25) is 0 Å². The summed E-state index contributed by atoms with van der Waals surface area (Å²) in [5.41, 5.74) is 1.54. The summed E-state index contributed by atoms with van der Waals surface area (Å²) in [5, 5.41) is 8.90. The predicted octanol–water partition coefficient (Wildman–Crippen LogP) is 2.08. The highest BCUT2D eigenvalue weighted by Crippen LogP contribution is 2.04. The number of carboxylic acids is 1. The van der Waals surface area contributed by atoms with E-state index in [1.165, 1.54) is 4.57 Å². The first kappa shape index (κ1) is 15.2. The zero-order valence-corrected chi connectivity index (χ0v) is 12.4. The van der Waals surface area contributed by atoms with Crippen LogP contribution in [0, 0.1) is 11.7 Å². The van der Waals surface area contributed by atoms with Gasteiger partial charge in [-0.15, -0.1) is 0 Å². The smallest absolute Gasteiger partial charge is 0.308 e. The topological polar surface area (TPSA) is 75.1 Å². The molecule has 0 aliphatic carbocycles. The maximum Gasteiger partial charge on any atom is 0.308 e. The average Bonchev–Trinajstić information content (AvgIpc) is 2.44. The van der Waals surface area contributed by atoms with E-state index in [1.54, 1.807) is 6.92 Å². The molecule has 1 aromatic heterocycles. The van der Waals surface area contributed by atoms with Gasteiger partial charge in [-0.2, -0.15) is 0 Å². The molecule has 110 valence electrons. The van der Waals surface area contributed by atoms with Crippen molar-refractivity contribution in [2.24, 2.45) is 0 Å². The van der Waals surface area contributed by atoms with Gasteiger partial charge in [-0.25, -0.2) is 0 Å². The summed E-state index contributed by atoms with van der Waals surface area (Å²) < 4.78 is 1.75. The Balaban J connectivity index is 2.33. The number of hydrogen-bond donors (Lipinski definition) is 2. The monoisotopic (exact) mass is 304 g/mol. The van der Waals surface area contributed by atoms with Gasteiger partial charge in [-0.05, 0) is 31.1 Å². The second kappa shape index (κ2) is 6.49. The number of aromatic nitrogens is 2. The van der Waals surface area contributed by atoms with E-state index < -0.39 is 5.97 Å². The molecule has 6 heteroatoms. The zero-order valence-electron chi connectivity index (χ0n) is 11.6. The number of rotatable bonds is 5. The van der Waals surface area contributed by atoms with Gasteiger partial charge in [0.15, 0.2) is 4.77 Å². The zero-order chi connectivity index (χ0) is 15.4. The van der Waals surface area contributed by atoms with Crippen LogP contribution in [-0.2, 0) is 24.2 Å². The first-order valence-electron chi connectivity index (χ1n) is 6.57. The van der Waals surface area contributed by atoms with Gasteiger partial charge in [0.05, 0.1) is 6.42 Å². The van der Waals surface area contributed by atoms with Crippen LogP contribution in [0.2, 0.25) is 0 Å². The average molecular weight is 304 g/mol. The summed E-state index contributed by atoms with van der Waals surface area (Å²) in [5.74, 6) is -1.03. The van der Waals surface area contributed by atoms with Gasteiger partial charge >= 0.3 is 5.97 Å². The molecule has 21 heavy (non-hydrogen) atoms. The molecule has 0 fully saturated rings. The number of nitrogens with one attached hydrogen (secondary N) is 1. The van der Waals surface area contributed by atoms with Crippen molar-refractivity contribution in [1.82, 2.24) is 9.55 Å². The summed E-state index contributed by atoms with van der Waals surface area (Å²) in [7, 11) is 0. The van der Waals surface area contributed by atoms with Crippen molar-refractivity contribution >= 4 is 18.2 Å². The Morgan fingerprint density at radius 2 is 2.00 bits per heavy atom. The Kier molecular flexibility index (Phi) is 4.70. The van der Waals surface area contributed by atoms with E-state index in [-0.39, 0.29) is 17.5 Å². The highest BCUT2D eigenvalue weighted by atomic mass is 32.1. The molecule has 0 bridgehead atoms. The van der Waals surface area contributed by atoms with Gasteiger partial charge in [0.1, 0.15) is 0 Å². The Labute approximate surface area is 126 Å². The van der Waals surface area contributed by atoms with Crippen molar-refractivity contribution in [2.75, 3.05) is 0 Å². The highest BCUT2D eigenvalue weighted by Gasteiger charge is 2.13. The Bertz CT molecular complexity index is 763. The van der Waals surface area contributed by atoms with Crippen LogP contribution in [0.15, 0.2) is 35.1 Å². The molecule has 0 aliphatic heterocycles. The quantitative estimate of drug-likeness (QED) is 0.829. The van der Waals surface area contributed by atoms with Gasteiger partial charge < -0.3 is 10.1 Å². The third kappa shape index (κ3) is 3.66. The summed E-state index contributed by atoms with van der Waals surface area (Å²) in [4.78, 5) is 26.1. The van der Waals surface area contributed by atoms with Gasteiger partial charge in [0.25, 0.3) is 5.56 Å². The number of carboxylic acid groups (broad SMARTS) is 1. The lowest BCUT2D eigenvalue weighted by Gasteiger charge is -2.10. The number of aryl methyl sites for hydroxylation is 2. The Hall–Kier alpha value is -2.21. The van der Waals surface area contributed by atoms with Crippen LogP contribution >= 0.6 is 12.2 Å². The van der Waals surface area contributed by atoms with E-state index in [0.717, 1.165) is 5.56 Å². The third-order valence-corrected chi connectivity index (χ3v) is 3.61. The number of hydrogen-bond acceptors (Lipinski definition) is 3. The lowest BCUT2D eigenvalue weighted by atomic mass is 10.1. The molecule has 1 aromatic carbocycles. The van der Waals surface area contributed by atoms with E-state index in [4.69, 9.17) is 17.3 Å². The minimum atomic E-state index is -1.03. The summed E-state index contributed by atoms with van der Waals surface area (Å²) >= 11 is 5.18. The first-order valence-corrected chi connectivity index (χ1v) is 6.98. The predicted molar refractivity (Wildman–Crippen MR) is 82.1 cm³/mol. The van der Waals surface area contributed by atoms with Crippen LogP contribution in [0.3, 0.4) is 0 Å². The van der Waals surface area contributed by atoms with Crippen molar-refractivity contribution < 1.29 is 9.90 Å². The van der Waals surface area contributed by atoms with E-state index in [9.17, 15) is 9.59 Å². The fraction of sp³-hybridized carbons (Fsp3) is 0.267. The fourth-order valence-electron chi connectivity index (χ4n) is 2.17. The van der Waals surface area contributed by atoms with Gasteiger partial charge in [-0.1, -0.05) is 30.3 Å². The van der Waals surface area contributed by atoms with Crippen molar-refractivity contribution in [3.63, 3.8) is 0 Å². The van der Waals surface area contributed by atoms with Crippen molar-refractivity contribution in [2.45, 2.75) is 26.3 Å². The highest BCUT2D eigenvalue weighted by molar-refractivity contribution is 7.71. The Morgan fingerprint density at radius 1 is 1.33 bits per heavy atom. The van der Waals surface area contributed by atoms with Gasteiger partial charge in [0, 0.05) is 17.8 Å². The fourth-order valence-corrected chi connectivity index (χ4v) is 2.49. The molecule has 0 spiro atoms. The number of carbonyl (C=O) groups is 1. The van der Waals surface area contributed by atoms with Crippen molar-refractivity contribution in [1.29, 1.82) is 0 Å². The standard InChI is InChI=1S/C15H16N2O3S/c1-10-12(9-13(18)19)14(20)17(15(21)16-10)8-7-11-5-3-2-4-6-11/h2-6H,7-9H2,1H3,(H,16,21)(H,18,19). The normalized spacial score (nSPS) is 10.5. The van der Waals surface area contributed by atoms with E-state index in [1.807, 2.05) is 30.3 Å². The summed E-state index contributed by atoms with van der Waals surface area (Å²) in [6.45, 7) is 2.09. The molecule has 0 saturated carbocycles. The van der Waals surface area contributed by atoms with E-state index >= 15 is 0 Å². The number of aliphatic carboxylic acids is 1. The Morgan fingerprint density at radius 3 is 2.62 bits per heavy atom. The summed E-state index contributed by atoms with van der Waals surface area (Å²) in [6.07, 6.45) is 0.357. The molecule has 0 unspecified atom stereocenters. The minimum absolute atomic E-state index is 0.254. The van der Waals surface area contributed by atoms with E-state index in [0.29, 0.717) is 23.4 Å². The molecule has 0 aliphatic rings.